The molecule has 0 saturated heterocycles. The van der Waals surface area contributed by atoms with Crippen molar-refractivity contribution in [2.75, 3.05) is 0 Å². The molecule has 0 atom stereocenters. The van der Waals surface area contributed by atoms with Gasteiger partial charge in [-0.25, -0.2) is 5.43 Å². The Morgan fingerprint density at radius 1 is 1.64 bits per heavy atom. The van der Waals surface area contributed by atoms with Crippen LogP contribution in [0, 0.1) is 0 Å². The van der Waals surface area contributed by atoms with Crippen LogP contribution < -0.4 is 11.2 Å². The molecule has 0 radical (unpaired) electrons. The Balaban J connectivity index is 3.53. The smallest absolute Gasteiger partial charge is 0.329 e. The average Bonchev–Trinajstić information content (AvgIpc) is 1.97. The Kier molecular flexibility index (Phi) is 4.72. The average molecular weight is 157 g/mol. The summed E-state index contributed by atoms with van der Waals surface area (Å²) in [4.78, 5) is 20.5. The van der Waals surface area contributed by atoms with E-state index in [2.05, 4.69) is 10.8 Å². The van der Waals surface area contributed by atoms with Gasteiger partial charge in [0, 0.05) is 6.21 Å². The topological polar surface area (TPSA) is 84.6 Å². The Hall–Kier alpha value is -1.39. The van der Waals surface area contributed by atoms with Gasteiger partial charge in [-0.2, -0.15) is 5.10 Å². The molecule has 5 heteroatoms. The Labute approximate surface area is 64.6 Å². The van der Waals surface area contributed by atoms with Crippen molar-refractivity contribution in [3.05, 3.63) is 0 Å². The van der Waals surface area contributed by atoms with Gasteiger partial charge in [0.05, 0.1) is 0 Å². The van der Waals surface area contributed by atoms with Gasteiger partial charge in [-0.3, -0.25) is 9.59 Å². The summed E-state index contributed by atoms with van der Waals surface area (Å²) < 4.78 is 0. The molecule has 0 aliphatic heterocycles. The highest BCUT2D eigenvalue weighted by molar-refractivity contribution is 6.34. The lowest BCUT2D eigenvalue weighted by molar-refractivity contribution is -0.137. The molecule has 62 valence electrons. The van der Waals surface area contributed by atoms with Crippen molar-refractivity contribution < 1.29 is 9.59 Å². The number of hydrogen-bond acceptors (Lipinski definition) is 3. The molecule has 0 aliphatic rings. The molecular formula is C6H11N3O2. The minimum atomic E-state index is -1.03. The maximum absolute atomic E-state index is 10.4. The Morgan fingerprint density at radius 3 is 2.73 bits per heavy atom. The fourth-order valence-electron chi connectivity index (χ4n) is 0.353. The second-order valence-electron chi connectivity index (χ2n) is 1.91. The van der Waals surface area contributed by atoms with E-state index < -0.39 is 11.8 Å². The number of nitrogens with zero attached hydrogens (tertiary/aromatic N) is 1. The zero-order valence-corrected chi connectivity index (χ0v) is 6.33. The van der Waals surface area contributed by atoms with E-state index in [-0.39, 0.29) is 0 Å². The van der Waals surface area contributed by atoms with Crippen LogP contribution >= 0.6 is 0 Å². The normalized spacial score (nSPS) is 9.91. The summed E-state index contributed by atoms with van der Waals surface area (Å²) >= 11 is 0. The molecule has 0 rings (SSSR count). The van der Waals surface area contributed by atoms with Crippen LogP contribution in [0.2, 0.25) is 0 Å². The second kappa shape index (κ2) is 5.40. The number of primary amides is 1. The summed E-state index contributed by atoms with van der Waals surface area (Å²) in [6.45, 7) is 1.97. The Morgan fingerprint density at radius 2 is 2.27 bits per heavy atom. The first kappa shape index (κ1) is 9.61. The third-order valence-electron chi connectivity index (χ3n) is 0.899. The zero-order valence-electron chi connectivity index (χ0n) is 6.33. The van der Waals surface area contributed by atoms with E-state index >= 15 is 0 Å². The standard InChI is InChI=1S/C6H11N3O2/c1-2-3-4-8-9-6(11)5(7)10/h4H,2-3H2,1H3,(H2,7,10)(H,9,11). The van der Waals surface area contributed by atoms with Gasteiger partial charge >= 0.3 is 11.8 Å². The molecule has 11 heavy (non-hydrogen) atoms. The molecule has 0 aromatic rings. The highest BCUT2D eigenvalue weighted by atomic mass is 16.2. The fourth-order valence-corrected chi connectivity index (χ4v) is 0.353. The van der Waals surface area contributed by atoms with E-state index in [1.807, 2.05) is 12.3 Å². The number of hydrazone groups is 1. The maximum Gasteiger partial charge on any atom is 0.329 e. The van der Waals surface area contributed by atoms with Crippen molar-refractivity contribution in [3.63, 3.8) is 0 Å². The van der Waals surface area contributed by atoms with Crippen molar-refractivity contribution in [2.45, 2.75) is 19.8 Å². The van der Waals surface area contributed by atoms with Gasteiger partial charge in [-0.05, 0) is 6.42 Å². The van der Waals surface area contributed by atoms with Crippen molar-refractivity contribution in [1.29, 1.82) is 0 Å². The second-order valence-corrected chi connectivity index (χ2v) is 1.91. The summed E-state index contributed by atoms with van der Waals surface area (Å²) in [5, 5.41) is 3.46. The van der Waals surface area contributed by atoms with Crippen molar-refractivity contribution in [1.82, 2.24) is 5.43 Å². The third-order valence-corrected chi connectivity index (χ3v) is 0.899. The molecule has 0 fully saturated rings. The number of nitrogens with one attached hydrogen (secondary N) is 1. The molecule has 0 unspecified atom stereocenters. The molecule has 0 spiro atoms. The van der Waals surface area contributed by atoms with E-state index in [1.165, 1.54) is 6.21 Å². The van der Waals surface area contributed by atoms with E-state index in [9.17, 15) is 9.59 Å². The van der Waals surface area contributed by atoms with Crippen LogP contribution in [-0.2, 0) is 9.59 Å². The molecule has 2 amide bonds. The quantitative estimate of drug-likeness (QED) is 0.325. The molecule has 0 bridgehead atoms. The van der Waals surface area contributed by atoms with Crippen LogP contribution in [0.1, 0.15) is 19.8 Å². The zero-order chi connectivity index (χ0) is 8.69. The molecule has 0 aromatic carbocycles. The van der Waals surface area contributed by atoms with Crippen molar-refractivity contribution >= 4 is 18.0 Å². The van der Waals surface area contributed by atoms with Crippen LogP contribution in [0.5, 0.6) is 0 Å². The molecule has 0 aliphatic carbocycles. The van der Waals surface area contributed by atoms with Gasteiger partial charge in [0.1, 0.15) is 0 Å². The molecule has 5 nitrogen and oxygen atoms in total. The lowest BCUT2D eigenvalue weighted by Crippen LogP contribution is -2.32. The summed E-state index contributed by atoms with van der Waals surface area (Å²) in [5.74, 6) is -1.92. The van der Waals surface area contributed by atoms with Crippen molar-refractivity contribution in [2.24, 2.45) is 10.8 Å². The van der Waals surface area contributed by atoms with Crippen LogP contribution in [0.15, 0.2) is 5.10 Å². The number of carbonyl (C=O) groups is 2. The lowest BCUT2D eigenvalue weighted by Gasteiger charge is -1.91. The first-order chi connectivity index (χ1) is 5.18. The SMILES string of the molecule is CCCC=NNC(=O)C(N)=O. The minimum absolute atomic E-state index is 0.763. The first-order valence-corrected chi connectivity index (χ1v) is 3.29. The van der Waals surface area contributed by atoms with Gasteiger partial charge in [-0.15, -0.1) is 0 Å². The van der Waals surface area contributed by atoms with E-state index in [0.29, 0.717) is 0 Å². The van der Waals surface area contributed by atoms with E-state index in [1.54, 1.807) is 0 Å². The van der Waals surface area contributed by atoms with Crippen LogP contribution in [0.25, 0.3) is 0 Å². The Bertz CT molecular complexity index is 177. The lowest BCUT2D eigenvalue weighted by atomic mass is 10.4. The highest BCUT2D eigenvalue weighted by Crippen LogP contribution is 1.78. The van der Waals surface area contributed by atoms with Crippen LogP contribution in [0.4, 0.5) is 0 Å². The van der Waals surface area contributed by atoms with Gasteiger partial charge in [-0.1, -0.05) is 13.3 Å². The van der Waals surface area contributed by atoms with Gasteiger partial charge in [0.2, 0.25) is 0 Å². The number of rotatable bonds is 3. The number of unbranched alkanes of at least 4 members (excludes halogenated alkanes) is 1. The predicted octanol–water partition coefficient (Wildman–Crippen LogP) is -0.626. The molecule has 3 N–H and O–H groups in total. The molecule has 0 aromatic heterocycles. The largest absolute Gasteiger partial charge is 0.361 e. The number of amides is 2. The molecule has 0 saturated carbocycles. The van der Waals surface area contributed by atoms with Gasteiger partial charge in [0.25, 0.3) is 0 Å². The first-order valence-electron chi connectivity index (χ1n) is 3.29. The minimum Gasteiger partial charge on any atom is -0.361 e. The molecule has 0 heterocycles. The summed E-state index contributed by atoms with van der Waals surface area (Å²) in [6, 6.07) is 0. The van der Waals surface area contributed by atoms with E-state index in [0.717, 1.165) is 12.8 Å². The summed E-state index contributed by atoms with van der Waals surface area (Å²) in [7, 11) is 0. The van der Waals surface area contributed by atoms with Crippen molar-refractivity contribution in [3.8, 4) is 0 Å². The highest BCUT2D eigenvalue weighted by Gasteiger charge is 2.04. The van der Waals surface area contributed by atoms with Crippen LogP contribution in [0.3, 0.4) is 0 Å². The monoisotopic (exact) mass is 157 g/mol. The summed E-state index contributed by atoms with van der Waals surface area (Å²) in [5.41, 5.74) is 6.60. The predicted molar refractivity (Wildman–Crippen MR) is 40.7 cm³/mol. The summed E-state index contributed by atoms with van der Waals surface area (Å²) in [6.07, 6.45) is 3.22. The van der Waals surface area contributed by atoms with Crippen LogP contribution in [-0.4, -0.2) is 18.0 Å². The fraction of sp³-hybridized carbons (Fsp3) is 0.500. The maximum atomic E-state index is 10.4. The number of hydrogen-bond donors (Lipinski definition) is 2. The third kappa shape index (κ3) is 5.07. The van der Waals surface area contributed by atoms with Gasteiger partial charge in [0.15, 0.2) is 0 Å². The number of nitrogens with two attached hydrogens (primary N) is 1. The molecular weight excluding hydrogens is 146 g/mol. The number of carbonyl (C=O) groups excluding carboxylic acids is 2. The van der Waals surface area contributed by atoms with E-state index in [4.69, 9.17) is 0 Å². The van der Waals surface area contributed by atoms with Gasteiger partial charge < -0.3 is 5.73 Å².